The van der Waals surface area contributed by atoms with Crippen LogP contribution < -0.4 is 16.4 Å². The largest absolute Gasteiger partial charge is 0.505 e. The fourth-order valence-electron chi connectivity index (χ4n) is 6.41. The minimum absolute atomic E-state index is 0.00794. The second-order valence-electron chi connectivity index (χ2n) is 11.0. The van der Waals surface area contributed by atoms with E-state index in [1.165, 1.54) is 19.0 Å². The van der Waals surface area contributed by atoms with Gasteiger partial charge >= 0.3 is 0 Å². The van der Waals surface area contributed by atoms with Crippen LogP contribution in [0.25, 0.3) is 0 Å². The maximum absolute atomic E-state index is 13.8. The number of nitrogens with two attached hydrogens (primary N) is 1. The molecule has 4 aliphatic carbocycles. The van der Waals surface area contributed by atoms with E-state index in [-0.39, 0.29) is 42.6 Å². The Bertz CT molecular complexity index is 1290. The van der Waals surface area contributed by atoms with Crippen molar-refractivity contribution in [3.8, 4) is 5.75 Å². The predicted octanol–water partition coefficient (Wildman–Crippen LogP) is -1.44. The van der Waals surface area contributed by atoms with Gasteiger partial charge in [-0.15, -0.1) is 0 Å². The lowest BCUT2D eigenvalue weighted by molar-refractivity contribution is -0.181. The highest BCUT2D eigenvalue weighted by Crippen LogP contribution is 2.51. The Labute approximate surface area is 217 Å². The van der Waals surface area contributed by atoms with Gasteiger partial charge < -0.3 is 26.6 Å². The number of carbonyl (C=O) groups excluding carboxylic acids is 6. The van der Waals surface area contributed by atoms with Gasteiger partial charge in [-0.3, -0.25) is 33.7 Å². The first kappa shape index (κ1) is 26.0. The summed E-state index contributed by atoms with van der Waals surface area (Å²) in [6.07, 6.45) is 2.01. The minimum atomic E-state index is -2.76. The molecule has 1 aromatic rings. The van der Waals surface area contributed by atoms with Gasteiger partial charge in [-0.05, 0) is 57.3 Å². The van der Waals surface area contributed by atoms with Crippen molar-refractivity contribution in [1.82, 2.24) is 10.2 Å². The molecule has 12 heteroatoms. The molecule has 0 aliphatic heterocycles. The van der Waals surface area contributed by atoms with Gasteiger partial charge in [-0.2, -0.15) is 0 Å². The molecule has 6 N–H and O–H groups in total. The van der Waals surface area contributed by atoms with Crippen molar-refractivity contribution >= 4 is 40.6 Å². The number of Topliss-reactive ketones (excluding diaryl/α,β-unsaturated/α-hetero) is 4. The topological polar surface area (TPSA) is 196 Å². The molecule has 4 aliphatic rings. The Morgan fingerprint density at radius 1 is 1.13 bits per heavy atom. The number of benzene rings is 1. The van der Waals surface area contributed by atoms with Crippen LogP contribution in [0.3, 0.4) is 0 Å². The summed E-state index contributed by atoms with van der Waals surface area (Å²) in [5.41, 5.74) is 3.04. The average molecular weight is 527 g/mol. The van der Waals surface area contributed by atoms with Crippen molar-refractivity contribution in [2.75, 3.05) is 26.0 Å². The van der Waals surface area contributed by atoms with E-state index in [0.29, 0.717) is 5.56 Å². The predicted molar refractivity (Wildman–Crippen MR) is 131 cm³/mol. The van der Waals surface area contributed by atoms with Crippen molar-refractivity contribution in [3.05, 3.63) is 23.3 Å². The van der Waals surface area contributed by atoms with E-state index in [2.05, 4.69) is 10.6 Å². The molecular formula is C26H30N4O8. The van der Waals surface area contributed by atoms with Crippen LogP contribution in [0.2, 0.25) is 0 Å². The number of phenolic OH excluding ortho intramolecular Hbond substituents is 1. The standard InChI is InChI=1S/C26H30N4O8/c1-30(2)19-13-8-11-7-10-3-6-14(28-9-15(31)29-12-4-5-12)20(32)16(10)21(33)17(11)23(35)26(13,38)24(36)18(22(19)34)25(27)37/h3,6,11-13,17-19,28,32,38H,4-5,7-9H2,1-2H3,(H2,27,37)(H,29,31)/t11?,13?,17?,18?,19-,26?/m0/s1. The number of amides is 2. The van der Waals surface area contributed by atoms with Gasteiger partial charge in [0.2, 0.25) is 11.8 Å². The number of phenols is 1. The highest BCUT2D eigenvalue weighted by molar-refractivity contribution is 6.32. The number of fused-ring (bicyclic) bond motifs is 3. The third-order valence-corrected chi connectivity index (χ3v) is 8.32. The van der Waals surface area contributed by atoms with E-state index in [1.807, 2.05) is 0 Å². The van der Waals surface area contributed by atoms with Crippen molar-refractivity contribution in [2.45, 2.75) is 43.4 Å². The number of rotatable bonds is 6. The van der Waals surface area contributed by atoms with Gasteiger partial charge in [0.05, 0.1) is 29.8 Å². The zero-order valence-corrected chi connectivity index (χ0v) is 21.0. The van der Waals surface area contributed by atoms with E-state index in [0.717, 1.165) is 12.8 Å². The van der Waals surface area contributed by atoms with Gasteiger partial charge in [0.1, 0.15) is 5.75 Å². The number of aliphatic hydroxyl groups is 1. The third-order valence-electron chi connectivity index (χ3n) is 8.32. The molecule has 0 heterocycles. The van der Waals surface area contributed by atoms with Gasteiger partial charge in [-0.1, -0.05) is 6.07 Å². The first-order valence-electron chi connectivity index (χ1n) is 12.6. The number of aromatic hydroxyl groups is 1. The zero-order chi connectivity index (χ0) is 27.7. The lowest BCUT2D eigenvalue weighted by Crippen LogP contribution is -2.74. The molecule has 0 bridgehead atoms. The lowest BCUT2D eigenvalue weighted by atomic mass is 9.52. The Kier molecular flexibility index (Phi) is 6.14. The number of hydrogen-bond donors (Lipinski definition) is 5. The summed E-state index contributed by atoms with van der Waals surface area (Å²) in [5, 5.41) is 28.1. The number of carbonyl (C=O) groups is 6. The van der Waals surface area contributed by atoms with Crippen LogP contribution in [0, 0.1) is 23.7 Å². The van der Waals surface area contributed by atoms with Crippen LogP contribution in [-0.4, -0.2) is 88.4 Å². The zero-order valence-electron chi connectivity index (χ0n) is 21.0. The van der Waals surface area contributed by atoms with Crippen molar-refractivity contribution in [1.29, 1.82) is 0 Å². The summed E-state index contributed by atoms with van der Waals surface area (Å²) in [6, 6.07) is 2.18. The number of anilines is 1. The number of primary amides is 1. The number of nitrogens with one attached hydrogen (secondary N) is 2. The SMILES string of the molecule is CN(C)[C@@H]1C(=O)C(C(N)=O)C(=O)C2(O)C(=O)C3C(=O)c4c(ccc(NCC(=O)NC5CC5)c4O)CC3CC12. The molecule has 6 atom stereocenters. The number of nitrogens with zero attached hydrogens (tertiary/aromatic N) is 1. The maximum atomic E-state index is 13.8. The summed E-state index contributed by atoms with van der Waals surface area (Å²) in [7, 11) is 3.07. The normalized spacial score (nSPS) is 32.4. The Morgan fingerprint density at radius 3 is 2.42 bits per heavy atom. The molecule has 202 valence electrons. The first-order chi connectivity index (χ1) is 17.9. The molecule has 2 amide bonds. The number of likely N-dealkylation sites (N-methyl/N-ethyl adjacent to an activating group) is 1. The molecule has 0 saturated heterocycles. The maximum Gasteiger partial charge on any atom is 0.239 e. The van der Waals surface area contributed by atoms with Gasteiger partial charge in [0, 0.05) is 12.0 Å². The molecular weight excluding hydrogens is 496 g/mol. The molecule has 3 fully saturated rings. The molecule has 5 rings (SSSR count). The van der Waals surface area contributed by atoms with Crippen LogP contribution in [0.1, 0.15) is 35.2 Å². The van der Waals surface area contributed by atoms with Crippen LogP contribution in [-0.2, 0) is 30.4 Å². The fraction of sp³-hybridized carbons (Fsp3) is 0.538. The number of hydrogen-bond acceptors (Lipinski definition) is 10. The smallest absolute Gasteiger partial charge is 0.239 e. The Balaban J connectivity index is 1.49. The van der Waals surface area contributed by atoms with E-state index in [1.54, 1.807) is 12.1 Å². The van der Waals surface area contributed by atoms with Crippen LogP contribution in [0.4, 0.5) is 5.69 Å². The van der Waals surface area contributed by atoms with E-state index in [9.17, 15) is 39.0 Å². The van der Waals surface area contributed by atoms with Crippen molar-refractivity contribution in [3.63, 3.8) is 0 Å². The van der Waals surface area contributed by atoms with E-state index >= 15 is 0 Å². The minimum Gasteiger partial charge on any atom is -0.505 e. The Morgan fingerprint density at radius 2 is 1.82 bits per heavy atom. The second kappa shape index (κ2) is 8.98. The third kappa shape index (κ3) is 3.81. The fourth-order valence-corrected chi connectivity index (χ4v) is 6.41. The summed E-state index contributed by atoms with van der Waals surface area (Å²) in [4.78, 5) is 79.3. The summed E-state index contributed by atoms with van der Waals surface area (Å²) >= 11 is 0. The van der Waals surface area contributed by atoms with Crippen molar-refractivity contribution in [2.24, 2.45) is 29.4 Å². The van der Waals surface area contributed by atoms with Gasteiger partial charge in [-0.25, -0.2) is 0 Å². The second-order valence-corrected chi connectivity index (χ2v) is 11.0. The molecule has 12 nitrogen and oxygen atoms in total. The summed E-state index contributed by atoms with van der Waals surface area (Å²) in [6.45, 7) is -0.133. The average Bonchev–Trinajstić information content (AvgIpc) is 3.64. The molecule has 0 aromatic heterocycles. The van der Waals surface area contributed by atoms with Crippen LogP contribution >= 0.6 is 0 Å². The molecule has 5 unspecified atom stereocenters. The highest BCUT2D eigenvalue weighted by Gasteiger charge is 2.69. The summed E-state index contributed by atoms with van der Waals surface area (Å²) < 4.78 is 0. The monoisotopic (exact) mass is 526 g/mol. The van der Waals surface area contributed by atoms with Crippen LogP contribution in [0.5, 0.6) is 5.75 Å². The Hall–Kier alpha value is -3.64. The lowest BCUT2D eigenvalue weighted by Gasteiger charge is -2.52. The number of ketones is 4. The summed E-state index contributed by atoms with van der Waals surface area (Å²) in [5.74, 6) is -11.2. The highest BCUT2D eigenvalue weighted by atomic mass is 16.3. The van der Waals surface area contributed by atoms with Crippen molar-refractivity contribution < 1.29 is 39.0 Å². The van der Waals surface area contributed by atoms with Gasteiger partial charge in [0.15, 0.2) is 34.7 Å². The molecule has 1 aromatic carbocycles. The van der Waals surface area contributed by atoms with E-state index in [4.69, 9.17) is 5.73 Å². The quantitative estimate of drug-likeness (QED) is 0.216. The molecule has 0 spiro atoms. The molecule has 3 saturated carbocycles. The molecule has 0 radical (unpaired) electrons. The van der Waals surface area contributed by atoms with Crippen LogP contribution in [0.15, 0.2) is 12.1 Å². The first-order valence-corrected chi connectivity index (χ1v) is 12.6. The van der Waals surface area contributed by atoms with E-state index < -0.39 is 70.1 Å². The molecule has 38 heavy (non-hydrogen) atoms. The van der Waals surface area contributed by atoms with Gasteiger partial charge in [0.25, 0.3) is 0 Å².